The minimum absolute atomic E-state index is 0.0566. The summed E-state index contributed by atoms with van der Waals surface area (Å²) < 4.78 is 0. The number of amides is 1. The lowest BCUT2D eigenvalue weighted by Gasteiger charge is -2.23. The van der Waals surface area contributed by atoms with Crippen LogP contribution in [-0.2, 0) is 4.79 Å². The topological polar surface area (TPSA) is 94.9 Å². The first kappa shape index (κ1) is 30.4. The summed E-state index contributed by atoms with van der Waals surface area (Å²) in [6, 6.07) is 6.09. The van der Waals surface area contributed by atoms with Gasteiger partial charge in [-0.1, -0.05) is 89.0 Å². The van der Waals surface area contributed by atoms with Gasteiger partial charge in [-0.3, -0.25) is 9.59 Å². The molecule has 0 unspecified atom stereocenters. The highest BCUT2D eigenvalue weighted by molar-refractivity contribution is 6.04. The number of hydrogen-bond donors (Lipinski definition) is 2. The summed E-state index contributed by atoms with van der Waals surface area (Å²) in [5.74, 6) is -2.56. The lowest BCUT2D eigenvalue weighted by atomic mass is 10.1. The third-order valence-corrected chi connectivity index (χ3v) is 6.21. The Balaban J connectivity index is 2.25. The zero-order valence-electron chi connectivity index (χ0n) is 21.6. The molecule has 1 rings (SSSR count). The highest BCUT2D eigenvalue weighted by atomic mass is 16.4. The number of hydrogen-bond acceptors (Lipinski definition) is 3. The van der Waals surface area contributed by atoms with Crippen molar-refractivity contribution in [3.63, 3.8) is 0 Å². The molecule has 0 atom stereocenters. The SMILES string of the molecule is CCCCCCCC/C=C\CCCCCCCCN(CCC(=O)O)C(=O)c1ccccc1C(=O)O. The predicted molar refractivity (Wildman–Crippen MR) is 141 cm³/mol. The average Bonchev–Trinajstić information content (AvgIpc) is 2.85. The Hall–Kier alpha value is -2.63. The number of carbonyl (C=O) groups is 3. The van der Waals surface area contributed by atoms with E-state index >= 15 is 0 Å². The third-order valence-electron chi connectivity index (χ3n) is 6.21. The van der Waals surface area contributed by atoms with Gasteiger partial charge in [0.15, 0.2) is 0 Å². The van der Waals surface area contributed by atoms with Crippen LogP contribution in [0.1, 0.15) is 124 Å². The summed E-state index contributed by atoms with van der Waals surface area (Å²) >= 11 is 0. The van der Waals surface area contributed by atoms with E-state index in [1.807, 2.05) is 0 Å². The third kappa shape index (κ3) is 14.4. The van der Waals surface area contributed by atoms with Crippen molar-refractivity contribution in [3.05, 3.63) is 47.5 Å². The van der Waals surface area contributed by atoms with E-state index in [1.54, 1.807) is 12.1 Å². The number of aliphatic carboxylic acids is 1. The Morgan fingerprint density at radius 3 is 1.77 bits per heavy atom. The van der Waals surface area contributed by atoms with E-state index in [2.05, 4.69) is 19.1 Å². The summed E-state index contributed by atoms with van der Waals surface area (Å²) in [6.45, 7) is 2.75. The van der Waals surface area contributed by atoms with Crippen molar-refractivity contribution in [2.45, 2.75) is 103 Å². The van der Waals surface area contributed by atoms with Crippen molar-refractivity contribution in [1.29, 1.82) is 0 Å². The number of carbonyl (C=O) groups excluding carboxylic acids is 1. The first-order valence-electron chi connectivity index (χ1n) is 13.5. The molecular formula is C29H45NO5. The van der Waals surface area contributed by atoms with Crippen LogP contribution in [0.5, 0.6) is 0 Å². The maximum Gasteiger partial charge on any atom is 0.336 e. The average molecular weight is 488 g/mol. The largest absolute Gasteiger partial charge is 0.481 e. The Bertz CT molecular complexity index is 774. The van der Waals surface area contributed by atoms with Crippen LogP contribution in [0, 0.1) is 0 Å². The molecule has 1 aromatic rings. The van der Waals surface area contributed by atoms with E-state index in [1.165, 1.54) is 74.8 Å². The van der Waals surface area contributed by atoms with Gasteiger partial charge in [-0.25, -0.2) is 4.79 Å². The molecule has 0 aliphatic heterocycles. The first-order chi connectivity index (χ1) is 17.0. The van der Waals surface area contributed by atoms with E-state index in [9.17, 15) is 19.5 Å². The lowest BCUT2D eigenvalue weighted by Crippen LogP contribution is -2.35. The summed E-state index contributed by atoms with van der Waals surface area (Å²) in [6.07, 6.45) is 21.2. The number of carboxylic acid groups (broad SMARTS) is 2. The fourth-order valence-electron chi connectivity index (χ4n) is 4.12. The van der Waals surface area contributed by atoms with E-state index in [0.29, 0.717) is 6.54 Å². The van der Waals surface area contributed by atoms with Gasteiger partial charge in [0.2, 0.25) is 0 Å². The van der Waals surface area contributed by atoms with Crippen LogP contribution >= 0.6 is 0 Å². The van der Waals surface area contributed by atoms with E-state index in [0.717, 1.165) is 32.1 Å². The van der Waals surface area contributed by atoms with Gasteiger partial charge in [0.1, 0.15) is 0 Å². The molecule has 6 heteroatoms. The van der Waals surface area contributed by atoms with Crippen LogP contribution in [0.25, 0.3) is 0 Å². The number of allylic oxidation sites excluding steroid dienone is 2. The molecule has 0 aromatic heterocycles. The van der Waals surface area contributed by atoms with Crippen molar-refractivity contribution in [3.8, 4) is 0 Å². The molecule has 0 saturated heterocycles. The van der Waals surface area contributed by atoms with Crippen molar-refractivity contribution >= 4 is 17.8 Å². The highest BCUT2D eigenvalue weighted by Gasteiger charge is 2.21. The molecule has 0 fully saturated rings. The number of carboxylic acids is 2. The van der Waals surface area contributed by atoms with Crippen LogP contribution < -0.4 is 0 Å². The number of nitrogens with zero attached hydrogens (tertiary/aromatic N) is 1. The van der Waals surface area contributed by atoms with Crippen LogP contribution in [0.3, 0.4) is 0 Å². The summed E-state index contributed by atoms with van der Waals surface area (Å²) in [4.78, 5) is 36.9. The van der Waals surface area contributed by atoms with Gasteiger partial charge in [-0.05, 0) is 44.2 Å². The van der Waals surface area contributed by atoms with Gasteiger partial charge < -0.3 is 15.1 Å². The maximum absolute atomic E-state index is 12.9. The van der Waals surface area contributed by atoms with Gasteiger partial charge in [-0.2, -0.15) is 0 Å². The molecule has 1 amide bonds. The maximum atomic E-state index is 12.9. The molecular weight excluding hydrogens is 442 g/mol. The number of benzene rings is 1. The highest BCUT2D eigenvalue weighted by Crippen LogP contribution is 2.15. The molecule has 196 valence electrons. The molecule has 0 saturated carbocycles. The van der Waals surface area contributed by atoms with E-state index in [4.69, 9.17) is 5.11 Å². The van der Waals surface area contributed by atoms with Crippen LogP contribution in [0.2, 0.25) is 0 Å². The quantitative estimate of drug-likeness (QED) is 0.140. The zero-order chi connectivity index (χ0) is 25.7. The predicted octanol–water partition coefficient (Wildman–Crippen LogP) is 7.34. The molecule has 0 spiro atoms. The summed E-state index contributed by atoms with van der Waals surface area (Å²) in [5.41, 5.74) is 0.0498. The minimum Gasteiger partial charge on any atom is -0.481 e. The second-order valence-corrected chi connectivity index (χ2v) is 9.22. The standard InChI is InChI=1S/C29H45NO5/c1-2-3-4-5-6-7-8-9-10-11-12-13-14-15-16-19-23-30(24-22-27(31)32)28(33)25-20-17-18-21-26(25)29(34)35/h9-10,17-18,20-21H,2-8,11-16,19,22-24H2,1H3,(H,31,32)(H,34,35)/b10-9-. The van der Waals surface area contributed by atoms with E-state index in [-0.39, 0.29) is 24.1 Å². The Labute approximate surface area is 211 Å². The number of rotatable bonds is 21. The molecule has 2 N–H and O–H groups in total. The van der Waals surface area contributed by atoms with Gasteiger partial charge in [0.05, 0.1) is 17.5 Å². The number of unbranched alkanes of at least 4 members (excludes halogenated alkanes) is 12. The monoisotopic (exact) mass is 487 g/mol. The molecule has 0 radical (unpaired) electrons. The molecule has 1 aromatic carbocycles. The summed E-state index contributed by atoms with van der Waals surface area (Å²) in [5, 5.41) is 18.4. The smallest absolute Gasteiger partial charge is 0.336 e. The van der Waals surface area contributed by atoms with Gasteiger partial charge >= 0.3 is 11.9 Å². The van der Waals surface area contributed by atoms with Crippen LogP contribution in [0.4, 0.5) is 0 Å². The normalized spacial score (nSPS) is 11.1. The molecule has 0 aliphatic carbocycles. The van der Waals surface area contributed by atoms with Crippen molar-refractivity contribution in [2.75, 3.05) is 13.1 Å². The fraction of sp³-hybridized carbons (Fsp3) is 0.621. The first-order valence-corrected chi connectivity index (χ1v) is 13.5. The molecule has 0 aliphatic rings. The van der Waals surface area contributed by atoms with Crippen molar-refractivity contribution in [2.24, 2.45) is 0 Å². The second-order valence-electron chi connectivity index (χ2n) is 9.22. The zero-order valence-corrected chi connectivity index (χ0v) is 21.6. The van der Waals surface area contributed by atoms with Gasteiger partial charge in [-0.15, -0.1) is 0 Å². The van der Waals surface area contributed by atoms with Gasteiger partial charge in [0.25, 0.3) is 5.91 Å². The van der Waals surface area contributed by atoms with E-state index < -0.39 is 17.8 Å². The number of aromatic carboxylic acids is 1. The Kier molecular flexibility index (Phi) is 17.1. The van der Waals surface area contributed by atoms with Crippen molar-refractivity contribution < 1.29 is 24.6 Å². The van der Waals surface area contributed by atoms with Crippen molar-refractivity contribution in [1.82, 2.24) is 4.90 Å². The molecule has 35 heavy (non-hydrogen) atoms. The fourth-order valence-corrected chi connectivity index (χ4v) is 4.12. The second kappa shape index (κ2) is 19.7. The molecule has 0 heterocycles. The Morgan fingerprint density at radius 1 is 0.714 bits per heavy atom. The van der Waals surface area contributed by atoms with Crippen LogP contribution in [0.15, 0.2) is 36.4 Å². The van der Waals surface area contributed by atoms with Gasteiger partial charge in [0, 0.05) is 13.1 Å². The van der Waals surface area contributed by atoms with Crippen LogP contribution in [-0.4, -0.2) is 46.0 Å². The Morgan fingerprint density at radius 2 is 1.23 bits per heavy atom. The lowest BCUT2D eigenvalue weighted by molar-refractivity contribution is -0.137. The summed E-state index contributed by atoms with van der Waals surface area (Å²) in [7, 11) is 0. The molecule has 6 nitrogen and oxygen atoms in total. The minimum atomic E-state index is -1.16. The molecule has 0 bridgehead atoms.